The lowest BCUT2D eigenvalue weighted by Gasteiger charge is -2.35. The lowest BCUT2D eigenvalue weighted by molar-refractivity contribution is 0.165. The van der Waals surface area contributed by atoms with Crippen LogP contribution in [0, 0.1) is 6.92 Å². The lowest BCUT2D eigenvalue weighted by atomic mass is 10.1. The Morgan fingerprint density at radius 3 is 2.47 bits per heavy atom. The van der Waals surface area contributed by atoms with Crippen LogP contribution in [0.1, 0.15) is 25.1 Å². The standard InChI is InChI=1S/C13H21N3.ClH/c1-10-4-5-13(14-6-10)9-16-7-11(2)15-12(3)8-16;/h4-6,11-12,15H,7-9H2,1-3H3;1H. The molecule has 2 rings (SSSR count). The molecule has 1 saturated heterocycles. The Kier molecular flexibility index (Phi) is 5.37. The van der Waals surface area contributed by atoms with Gasteiger partial charge in [-0.1, -0.05) is 6.07 Å². The van der Waals surface area contributed by atoms with E-state index in [0.29, 0.717) is 12.1 Å². The number of pyridine rings is 1. The molecule has 0 aliphatic carbocycles. The van der Waals surface area contributed by atoms with Crippen LogP contribution in [0.25, 0.3) is 0 Å². The van der Waals surface area contributed by atoms with Gasteiger partial charge < -0.3 is 5.32 Å². The van der Waals surface area contributed by atoms with Gasteiger partial charge in [-0.15, -0.1) is 12.4 Å². The van der Waals surface area contributed by atoms with E-state index in [9.17, 15) is 0 Å². The summed E-state index contributed by atoms with van der Waals surface area (Å²) in [5.41, 5.74) is 2.40. The van der Waals surface area contributed by atoms with Crippen LogP contribution in [0.4, 0.5) is 0 Å². The molecule has 0 bridgehead atoms. The van der Waals surface area contributed by atoms with Gasteiger partial charge in [0.05, 0.1) is 5.69 Å². The van der Waals surface area contributed by atoms with Crippen molar-refractivity contribution >= 4 is 12.4 Å². The summed E-state index contributed by atoms with van der Waals surface area (Å²) in [6.07, 6.45) is 1.95. The maximum absolute atomic E-state index is 4.46. The van der Waals surface area contributed by atoms with Crippen LogP contribution in [-0.2, 0) is 6.54 Å². The first-order chi connectivity index (χ1) is 7.63. The number of aromatic nitrogens is 1. The van der Waals surface area contributed by atoms with E-state index >= 15 is 0 Å². The van der Waals surface area contributed by atoms with Gasteiger partial charge in [0.1, 0.15) is 0 Å². The summed E-state index contributed by atoms with van der Waals surface area (Å²) in [6, 6.07) is 5.42. The zero-order valence-electron chi connectivity index (χ0n) is 10.8. The zero-order valence-corrected chi connectivity index (χ0v) is 11.6. The molecule has 2 unspecified atom stereocenters. The van der Waals surface area contributed by atoms with E-state index in [2.05, 4.69) is 48.1 Å². The molecule has 1 aromatic heterocycles. The van der Waals surface area contributed by atoms with Crippen LogP contribution in [0.5, 0.6) is 0 Å². The fraction of sp³-hybridized carbons (Fsp3) is 0.615. The van der Waals surface area contributed by atoms with Crippen LogP contribution in [0.2, 0.25) is 0 Å². The van der Waals surface area contributed by atoms with E-state index < -0.39 is 0 Å². The number of rotatable bonds is 2. The van der Waals surface area contributed by atoms with Crippen molar-refractivity contribution in [2.24, 2.45) is 0 Å². The molecule has 2 heterocycles. The molecule has 96 valence electrons. The number of piperazine rings is 1. The van der Waals surface area contributed by atoms with E-state index in [1.807, 2.05) is 6.20 Å². The molecule has 17 heavy (non-hydrogen) atoms. The molecule has 0 saturated carbocycles. The van der Waals surface area contributed by atoms with Gasteiger partial charge in [-0.2, -0.15) is 0 Å². The lowest BCUT2D eigenvalue weighted by Crippen LogP contribution is -2.53. The number of aryl methyl sites for hydroxylation is 1. The molecular weight excluding hydrogens is 234 g/mol. The van der Waals surface area contributed by atoms with E-state index in [1.54, 1.807) is 0 Å². The smallest absolute Gasteiger partial charge is 0.0544 e. The van der Waals surface area contributed by atoms with Crippen LogP contribution in [0.3, 0.4) is 0 Å². The van der Waals surface area contributed by atoms with Gasteiger partial charge in [-0.25, -0.2) is 0 Å². The number of nitrogens with zero attached hydrogens (tertiary/aromatic N) is 2. The molecule has 0 radical (unpaired) electrons. The maximum Gasteiger partial charge on any atom is 0.0544 e. The van der Waals surface area contributed by atoms with Crippen LogP contribution >= 0.6 is 12.4 Å². The second-order valence-corrected chi connectivity index (χ2v) is 4.99. The molecule has 0 amide bonds. The van der Waals surface area contributed by atoms with Crippen molar-refractivity contribution in [3.8, 4) is 0 Å². The molecule has 3 nitrogen and oxygen atoms in total. The molecular formula is C13H22ClN3. The third-order valence-electron chi connectivity index (χ3n) is 2.99. The summed E-state index contributed by atoms with van der Waals surface area (Å²) >= 11 is 0. The van der Waals surface area contributed by atoms with Gasteiger partial charge in [-0.3, -0.25) is 9.88 Å². The predicted octanol–water partition coefficient (Wildman–Crippen LogP) is 1.99. The Hall–Kier alpha value is -0.640. The van der Waals surface area contributed by atoms with E-state index in [4.69, 9.17) is 0 Å². The molecule has 1 N–H and O–H groups in total. The van der Waals surface area contributed by atoms with Gasteiger partial charge in [0, 0.05) is 37.9 Å². The van der Waals surface area contributed by atoms with E-state index in [-0.39, 0.29) is 12.4 Å². The first-order valence-corrected chi connectivity index (χ1v) is 6.03. The highest BCUT2D eigenvalue weighted by atomic mass is 35.5. The van der Waals surface area contributed by atoms with Crippen molar-refractivity contribution in [3.05, 3.63) is 29.6 Å². The minimum atomic E-state index is 0. The first-order valence-electron chi connectivity index (χ1n) is 6.03. The fourth-order valence-electron chi connectivity index (χ4n) is 2.39. The molecule has 0 spiro atoms. The van der Waals surface area contributed by atoms with Gasteiger partial charge in [-0.05, 0) is 32.4 Å². The molecule has 1 fully saturated rings. The Bertz CT molecular complexity index is 329. The van der Waals surface area contributed by atoms with Crippen LogP contribution < -0.4 is 5.32 Å². The maximum atomic E-state index is 4.46. The highest BCUT2D eigenvalue weighted by Crippen LogP contribution is 2.08. The van der Waals surface area contributed by atoms with Crippen molar-refractivity contribution < 1.29 is 0 Å². The first kappa shape index (κ1) is 14.4. The second-order valence-electron chi connectivity index (χ2n) is 4.99. The number of hydrogen-bond acceptors (Lipinski definition) is 3. The molecule has 1 aliphatic heterocycles. The predicted molar refractivity (Wildman–Crippen MR) is 73.6 cm³/mol. The largest absolute Gasteiger partial charge is 0.309 e. The molecule has 4 heteroatoms. The SMILES string of the molecule is Cc1ccc(CN2CC(C)NC(C)C2)nc1.Cl. The summed E-state index contributed by atoms with van der Waals surface area (Å²) < 4.78 is 0. The molecule has 1 aromatic rings. The van der Waals surface area contributed by atoms with Gasteiger partial charge in [0.15, 0.2) is 0 Å². The van der Waals surface area contributed by atoms with Gasteiger partial charge >= 0.3 is 0 Å². The van der Waals surface area contributed by atoms with E-state index in [0.717, 1.165) is 19.6 Å². The van der Waals surface area contributed by atoms with Crippen molar-refractivity contribution in [1.29, 1.82) is 0 Å². The quantitative estimate of drug-likeness (QED) is 0.876. The van der Waals surface area contributed by atoms with Crippen molar-refractivity contribution in [3.63, 3.8) is 0 Å². The third kappa shape index (κ3) is 4.26. The Labute approximate surface area is 110 Å². The number of nitrogens with one attached hydrogen (secondary N) is 1. The van der Waals surface area contributed by atoms with Gasteiger partial charge in [0.25, 0.3) is 0 Å². The highest BCUT2D eigenvalue weighted by Gasteiger charge is 2.20. The number of hydrogen-bond donors (Lipinski definition) is 1. The third-order valence-corrected chi connectivity index (χ3v) is 2.99. The minimum absolute atomic E-state index is 0. The van der Waals surface area contributed by atoms with Crippen molar-refractivity contribution in [2.75, 3.05) is 13.1 Å². The molecule has 0 aromatic carbocycles. The molecule has 2 atom stereocenters. The summed E-state index contributed by atoms with van der Waals surface area (Å²) in [6.45, 7) is 9.75. The number of halogens is 1. The van der Waals surface area contributed by atoms with Crippen molar-refractivity contribution in [2.45, 2.75) is 39.4 Å². The Balaban J connectivity index is 0.00000144. The van der Waals surface area contributed by atoms with Gasteiger partial charge in [0.2, 0.25) is 0 Å². The Morgan fingerprint density at radius 1 is 1.29 bits per heavy atom. The topological polar surface area (TPSA) is 28.2 Å². The second kappa shape index (κ2) is 6.34. The van der Waals surface area contributed by atoms with E-state index in [1.165, 1.54) is 11.3 Å². The monoisotopic (exact) mass is 255 g/mol. The fourth-order valence-corrected chi connectivity index (χ4v) is 2.39. The zero-order chi connectivity index (χ0) is 11.5. The summed E-state index contributed by atoms with van der Waals surface area (Å²) in [5, 5.41) is 3.54. The van der Waals surface area contributed by atoms with Crippen LogP contribution in [0.15, 0.2) is 18.3 Å². The normalized spacial score (nSPS) is 25.4. The minimum Gasteiger partial charge on any atom is -0.309 e. The molecule has 1 aliphatic rings. The Morgan fingerprint density at radius 2 is 1.94 bits per heavy atom. The average molecular weight is 256 g/mol. The highest BCUT2D eigenvalue weighted by molar-refractivity contribution is 5.85. The average Bonchev–Trinajstić information content (AvgIpc) is 2.20. The summed E-state index contributed by atoms with van der Waals surface area (Å²) in [7, 11) is 0. The summed E-state index contributed by atoms with van der Waals surface area (Å²) in [5.74, 6) is 0. The van der Waals surface area contributed by atoms with Crippen LogP contribution in [-0.4, -0.2) is 35.1 Å². The van der Waals surface area contributed by atoms with Crippen molar-refractivity contribution in [1.82, 2.24) is 15.2 Å². The summed E-state index contributed by atoms with van der Waals surface area (Å²) in [4.78, 5) is 6.94.